The Labute approximate surface area is 140 Å². The normalized spacial score (nSPS) is 19.4. The summed E-state index contributed by atoms with van der Waals surface area (Å²) < 4.78 is 1.11. The molecule has 0 aromatic heterocycles. The summed E-state index contributed by atoms with van der Waals surface area (Å²) in [6, 6.07) is 7.53. The number of benzene rings is 1. The lowest BCUT2D eigenvalue weighted by Crippen LogP contribution is -2.35. The van der Waals surface area contributed by atoms with E-state index in [2.05, 4.69) is 29.5 Å². The Morgan fingerprint density at radius 1 is 1.29 bits per heavy atom. The maximum Gasteiger partial charge on any atom is 0.222 e. The van der Waals surface area contributed by atoms with Crippen LogP contribution in [-0.2, 0) is 4.79 Å². The van der Waals surface area contributed by atoms with E-state index in [9.17, 15) is 9.59 Å². The number of amides is 1. The Morgan fingerprint density at radius 3 is 2.67 bits per heavy atom. The van der Waals surface area contributed by atoms with E-state index in [1.165, 1.54) is 12.8 Å². The fourth-order valence-electron chi connectivity index (χ4n) is 2.86. The fraction of sp³-hybridized carbons (Fsp3) is 0.529. The van der Waals surface area contributed by atoms with Crippen LogP contribution in [0.3, 0.4) is 0 Å². The first-order valence-electron chi connectivity index (χ1n) is 7.66. The van der Waals surface area contributed by atoms with Crippen LogP contribution in [0.25, 0.3) is 0 Å². The van der Waals surface area contributed by atoms with Crippen molar-refractivity contribution in [3.8, 4) is 0 Å². The average Bonchev–Trinajstić information content (AvgIpc) is 2.64. The van der Waals surface area contributed by atoms with Gasteiger partial charge in [-0.1, -0.05) is 31.9 Å². The highest BCUT2D eigenvalue weighted by molar-refractivity contribution is 14.1. The first-order valence-corrected chi connectivity index (χ1v) is 8.74. The van der Waals surface area contributed by atoms with Gasteiger partial charge >= 0.3 is 0 Å². The number of hydrogen-bond donors (Lipinski definition) is 0. The van der Waals surface area contributed by atoms with Crippen molar-refractivity contribution in [1.82, 2.24) is 4.90 Å². The van der Waals surface area contributed by atoms with Gasteiger partial charge in [0, 0.05) is 22.1 Å². The van der Waals surface area contributed by atoms with Crippen molar-refractivity contribution in [2.24, 2.45) is 5.92 Å². The van der Waals surface area contributed by atoms with Gasteiger partial charge in [-0.3, -0.25) is 9.59 Å². The standard InChI is InChI=1S/C17H22INO2/c1-2-3-13-4-9-17(21)19(11-10-13)12-16(20)14-5-7-15(18)8-6-14/h5-8,13H,2-4,9-12H2,1H3. The van der Waals surface area contributed by atoms with Gasteiger partial charge in [-0.05, 0) is 53.5 Å². The molecule has 114 valence electrons. The fourth-order valence-corrected chi connectivity index (χ4v) is 3.22. The molecule has 0 bridgehead atoms. The molecule has 4 heteroatoms. The highest BCUT2D eigenvalue weighted by Gasteiger charge is 2.23. The SMILES string of the molecule is CCCC1CCC(=O)N(CC(=O)c2ccc(I)cc2)CC1. The molecule has 1 atom stereocenters. The molecule has 0 aliphatic carbocycles. The molecule has 1 heterocycles. The summed E-state index contributed by atoms with van der Waals surface area (Å²) in [5.74, 6) is 0.804. The number of ketones is 1. The third kappa shape index (κ3) is 4.80. The molecule has 1 saturated heterocycles. The quantitative estimate of drug-likeness (QED) is 0.556. The molecular weight excluding hydrogens is 377 g/mol. The van der Waals surface area contributed by atoms with Crippen LogP contribution in [0.4, 0.5) is 0 Å². The first-order chi connectivity index (χ1) is 10.1. The highest BCUT2D eigenvalue weighted by atomic mass is 127. The van der Waals surface area contributed by atoms with Crippen molar-refractivity contribution in [2.45, 2.75) is 39.0 Å². The van der Waals surface area contributed by atoms with E-state index >= 15 is 0 Å². The summed E-state index contributed by atoms with van der Waals surface area (Å²) in [5, 5.41) is 0. The van der Waals surface area contributed by atoms with Crippen molar-refractivity contribution in [3.63, 3.8) is 0 Å². The van der Waals surface area contributed by atoms with E-state index in [0.29, 0.717) is 17.9 Å². The van der Waals surface area contributed by atoms with Crippen LogP contribution in [-0.4, -0.2) is 29.7 Å². The Morgan fingerprint density at radius 2 is 2.00 bits per heavy atom. The van der Waals surface area contributed by atoms with E-state index < -0.39 is 0 Å². The summed E-state index contributed by atoms with van der Waals surface area (Å²) in [6.45, 7) is 3.13. The van der Waals surface area contributed by atoms with Crippen LogP contribution in [0.1, 0.15) is 49.4 Å². The number of carbonyl (C=O) groups is 2. The molecule has 0 saturated carbocycles. The van der Waals surface area contributed by atoms with Gasteiger partial charge in [-0.25, -0.2) is 0 Å². The number of halogens is 1. The predicted octanol–water partition coefficient (Wildman–Crippen LogP) is 3.90. The van der Waals surface area contributed by atoms with Crippen molar-refractivity contribution in [2.75, 3.05) is 13.1 Å². The second-order valence-electron chi connectivity index (χ2n) is 5.73. The van der Waals surface area contributed by atoms with E-state index in [1.807, 2.05) is 24.3 Å². The molecule has 0 radical (unpaired) electrons. The number of nitrogens with zero attached hydrogens (tertiary/aromatic N) is 1. The van der Waals surface area contributed by atoms with Gasteiger partial charge in [0.1, 0.15) is 0 Å². The first kappa shape index (κ1) is 16.5. The minimum absolute atomic E-state index is 0.0358. The number of rotatable bonds is 5. The summed E-state index contributed by atoms with van der Waals surface area (Å²) in [7, 11) is 0. The van der Waals surface area contributed by atoms with Crippen molar-refractivity contribution < 1.29 is 9.59 Å². The molecule has 1 aromatic carbocycles. The van der Waals surface area contributed by atoms with E-state index in [4.69, 9.17) is 0 Å². The van der Waals surface area contributed by atoms with Gasteiger partial charge in [0.05, 0.1) is 6.54 Å². The third-order valence-electron chi connectivity index (χ3n) is 4.12. The van der Waals surface area contributed by atoms with Gasteiger partial charge in [0.15, 0.2) is 5.78 Å². The summed E-state index contributed by atoms with van der Waals surface area (Å²) >= 11 is 2.22. The zero-order valence-electron chi connectivity index (χ0n) is 12.5. The van der Waals surface area contributed by atoms with Crippen molar-refractivity contribution >= 4 is 34.3 Å². The Bertz CT molecular complexity index is 498. The van der Waals surface area contributed by atoms with Crippen molar-refractivity contribution in [3.05, 3.63) is 33.4 Å². The van der Waals surface area contributed by atoms with Crippen LogP contribution >= 0.6 is 22.6 Å². The number of likely N-dealkylation sites (tertiary alicyclic amines) is 1. The van der Waals surface area contributed by atoms with Gasteiger partial charge in [0.25, 0.3) is 0 Å². The molecular formula is C17H22INO2. The smallest absolute Gasteiger partial charge is 0.222 e. The summed E-state index contributed by atoms with van der Waals surface area (Å²) in [6.07, 6.45) is 4.94. The Balaban J connectivity index is 1.96. The Hall–Kier alpha value is -0.910. The molecule has 3 nitrogen and oxygen atoms in total. The molecule has 21 heavy (non-hydrogen) atoms. The van der Waals surface area contributed by atoms with Crippen LogP contribution in [0.2, 0.25) is 0 Å². The maximum atomic E-state index is 12.3. The summed E-state index contributed by atoms with van der Waals surface area (Å²) in [5.41, 5.74) is 0.692. The minimum Gasteiger partial charge on any atom is -0.335 e. The average molecular weight is 399 g/mol. The molecule has 2 rings (SSSR count). The van der Waals surface area contributed by atoms with Gasteiger partial charge in [0.2, 0.25) is 5.91 Å². The monoisotopic (exact) mass is 399 g/mol. The topological polar surface area (TPSA) is 37.4 Å². The second kappa shape index (κ2) is 7.92. The summed E-state index contributed by atoms with van der Waals surface area (Å²) in [4.78, 5) is 26.2. The van der Waals surface area contributed by atoms with Gasteiger partial charge in [-0.2, -0.15) is 0 Å². The maximum absolute atomic E-state index is 12.3. The molecule has 1 aromatic rings. The lowest BCUT2D eigenvalue weighted by molar-refractivity contribution is -0.130. The second-order valence-corrected chi connectivity index (χ2v) is 6.97. The zero-order valence-corrected chi connectivity index (χ0v) is 14.6. The van der Waals surface area contributed by atoms with Crippen LogP contribution in [0.15, 0.2) is 24.3 Å². The Kier molecular flexibility index (Phi) is 6.21. The minimum atomic E-state index is 0.0358. The van der Waals surface area contributed by atoms with Crippen molar-refractivity contribution in [1.29, 1.82) is 0 Å². The largest absolute Gasteiger partial charge is 0.335 e. The number of hydrogen-bond acceptors (Lipinski definition) is 2. The molecule has 0 N–H and O–H groups in total. The lowest BCUT2D eigenvalue weighted by Gasteiger charge is -2.20. The van der Waals surface area contributed by atoms with Gasteiger partial charge < -0.3 is 4.90 Å². The molecule has 1 aliphatic heterocycles. The van der Waals surface area contributed by atoms with E-state index in [0.717, 1.165) is 23.0 Å². The van der Waals surface area contributed by atoms with Crippen LogP contribution in [0, 0.1) is 9.49 Å². The van der Waals surface area contributed by atoms with E-state index in [1.54, 1.807) is 4.90 Å². The third-order valence-corrected chi connectivity index (χ3v) is 4.84. The number of Topliss-reactive ketones (excluding diaryl/α,β-unsaturated/α-hetero) is 1. The van der Waals surface area contributed by atoms with Crippen LogP contribution in [0.5, 0.6) is 0 Å². The highest BCUT2D eigenvalue weighted by Crippen LogP contribution is 2.22. The lowest BCUT2D eigenvalue weighted by atomic mass is 9.96. The predicted molar refractivity (Wildman–Crippen MR) is 92.3 cm³/mol. The number of carbonyl (C=O) groups excluding carboxylic acids is 2. The van der Waals surface area contributed by atoms with E-state index in [-0.39, 0.29) is 18.2 Å². The molecule has 1 fully saturated rings. The molecule has 1 amide bonds. The molecule has 0 spiro atoms. The molecule has 1 unspecified atom stereocenters. The zero-order chi connectivity index (χ0) is 15.2. The van der Waals surface area contributed by atoms with Gasteiger partial charge in [-0.15, -0.1) is 0 Å². The van der Waals surface area contributed by atoms with Crippen LogP contribution < -0.4 is 0 Å². The molecule has 1 aliphatic rings.